The highest BCUT2D eigenvalue weighted by molar-refractivity contribution is 8.68. The standard InChI is InChI=1S/C8H18O4S2/c1-7(2,3)13(9,10)14(11,12)8(4,5)6/h1-6H3. The minimum Gasteiger partial charge on any atom is -0.212 e. The fourth-order valence-corrected chi connectivity index (χ4v) is 5.92. The molecular weight excluding hydrogens is 224 g/mol. The molecular formula is C8H18O4S2. The van der Waals surface area contributed by atoms with Crippen molar-refractivity contribution in [3.8, 4) is 0 Å². The molecule has 0 aromatic heterocycles. The van der Waals surface area contributed by atoms with E-state index in [1.807, 2.05) is 0 Å². The van der Waals surface area contributed by atoms with Crippen molar-refractivity contribution in [2.45, 2.75) is 51.0 Å². The largest absolute Gasteiger partial charge is 0.258 e. The summed E-state index contributed by atoms with van der Waals surface area (Å²) in [7, 11) is -8.32. The predicted octanol–water partition coefficient (Wildman–Crippen LogP) is 1.33. The summed E-state index contributed by atoms with van der Waals surface area (Å²) in [6.07, 6.45) is 0. The molecule has 0 saturated heterocycles. The van der Waals surface area contributed by atoms with E-state index in [4.69, 9.17) is 0 Å². The van der Waals surface area contributed by atoms with Crippen LogP contribution in [0.2, 0.25) is 0 Å². The summed E-state index contributed by atoms with van der Waals surface area (Å²) in [6.45, 7) is 8.28. The van der Waals surface area contributed by atoms with Gasteiger partial charge in [0, 0.05) is 0 Å². The summed E-state index contributed by atoms with van der Waals surface area (Å²) in [4.78, 5) is 0. The first-order chi connectivity index (χ1) is 5.75. The van der Waals surface area contributed by atoms with E-state index < -0.39 is 27.2 Å². The number of hydrogen-bond donors (Lipinski definition) is 0. The molecule has 0 aliphatic rings. The van der Waals surface area contributed by atoms with Gasteiger partial charge in [0.2, 0.25) is 0 Å². The van der Waals surface area contributed by atoms with Gasteiger partial charge < -0.3 is 0 Å². The van der Waals surface area contributed by atoms with Crippen LogP contribution in [0.3, 0.4) is 0 Å². The second kappa shape index (κ2) is 3.20. The van der Waals surface area contributed by atoms with Crippen LogP contribution in [0.5, 0.6) is 0 Å². The van der Waals surface area contributed by atoms with Gasteiger partial charge in [0.05, 0.1) is 9.49 Å². The van der Waals surface area contributed by atoms with Crippen LogP contribution in [-0.4, -0.2) is 26.3 Å². The van der Waals surface area contributed by atoms with Crippen molar-refractivity contribution in [1.29, 1.82) is 0 Å². The summed E-state index contributed by atoms with van der Waals surface area (Å²) in [5.74, 6) is 0. The van der Waals surface area contributed by atoms with Gasteiger partial charge in [-0.15, -0.1) is 0 Å². The Bertz CT molecular complexity index is 359. The number of hydrogen-bond acceptors (Lipinski definition) is 4. The molecule has 0 aliphatic heterocycles. The van der Waals surface area contributed by atoms with E-state index in [0.29, 0.717) is 0 Å². The third-order valence-electron chi connectivity index (χ3n) is 1.79. The lowest BCUT2D eigenvalue weighted by atomic mass is 10.3. The summed E-state index contributed by atoms with van der Waals surface area (Å²) >= 11 is 0. The van der Waals surface area contributed by atoms with Crippen LogP contribution >= 0.6 is 0 Å². The molecule has 0 bridgehead atoms. The predicted molar refractivity (Wildman–Crippen MR) is 57.3 cm³/mol. The molecule has 14 heavy (non-hydrogen) atoms. The highest BCUT2D eigenvalue weighted by Gasteiger charge is 2.47. The van der Waals surface area contributed by atoms with E-state index in [2.05, 4.69) is 0 Å². The molecule has 0 rings (SSSR count). The van der Waals surface area contributed by atoms with Gasteiger partial charge in [0.15, 0.2) is 0 Å². The summed E-state index contributed by atoms with van der Waals surface area (Å²) in [5.41, 5.74) is 0. The molecule has 0 spiro atoms. The first-order valence-corrected chi connectivity index (χ1v) is 7.72. The average Bonchev–Trinajstić information content (AvgIpc) is 1.81. The molecule has 86 valence electrons. The van der Waals surface area contributed by atoms with Gasteiger partial charge in [-0.25, -0.2) is 16.8 Å². The lowest BCUT2D eigenvalue weighted by Crippen LogP contribution is -2.43. The van der Waals surface area contributed by atoms with Crippen LogP contribution < -0.4 is 0 Å². The third kappa shape index (κ3) is 1.95. The van der Waals surface area contributed by atoms with E-state index in [1.165, 1.54) is 41.5 Å². The first kappa shape index (κ1) is 13.9. The monoisotopic (exact) mass is 242 g/mol. The molecule has 0 unspecified atom stereocenters. The molecule has 0 radical (unpaired) electrons. The van der Waals surface area contributed by atoms with Crippen LogP contribution in [0.15, 0.2) is 0 Å². The minimum atomic E-state index is -4.16. The molecule has 0 aromatic carbocycles. The Morgan fingerprint density at radius 2 is 0.714 bits per heavy atom. The van der Waals surface area contributed by atoms with Crippen molar-refractivity contribution in [3.63, 3.8) is 0 Å². The average molecular weight is 242 g/mol. The second-order valence-electron chi connectivity index (χ2n) is 5.13. The Balaban J connectivity index is 5.85. The van der Waals surface area contributed by atoms with Gasteiger partial charge >= 0.3 is 0 Å². The molecule has 0 N–H and O–H groups in total. The van der Waals surface area contributed by atoms with E-state index in [1.54, 1.807) is 0 Å². The molecule has 0 saturated carbocycles. The van der Waals surface area contributed by atoms with E-state index >= 15 is 0 Å². The lowest BCUT2D eigenvalue weighted by molar-refractivity contribution is 0.544. The minimum absolute atomic E-state index is 1.28. The quantitative estimate of drug-likeness (QED) is 0.650. The highest BCUT2D eigenvalue weighted by Crippen LogP contribution is 2.30. The van der Waals surface area contributed by atoms with Crippen molar-refractivity contribution >= 4 is 17.7 Å². The smallest absolute Gasteiger partial charge is 0.212 e. The van der Waals surface area contributed by atoms with Gasteiger partial charge in [-0.05, 0) is 41.5 Å². The normalized spacial score (nSPS) is 15.6. The van der Waals surface area contributed by atoms with Crippen molar-refractivity contribution < 1.29 is 16.8 Å². The van der Waals surface area contributed by atoms with E-state index in [-0.39, 0.29) is 0 Å². The zero-order valence-corrected chi connectivity index (χ0v) is 11.1. The second-order valence-corrected chi connectivity index (χ2v) is 12.0. The molecule has 0 heterocycles. The van der Waals surface area contributed by atoms with Crippen LogP contribution in [0.25, 0.3) is 0 Å². The summed E-state index contributed by atoms with van der Waals surface area (Å²) < 4.78 is 44.4. The lowest BCUT2D eigenvalue weighted by Gasteiger charge is -2.25. The first-order valence-electron chi connectivity index (χ1n) is 4.24. The van der Waals surface area contributed by atoms with Gasteiger partial charge in [0.1, 0.15) is 0 Å². The SMILES string of the molecule is CC(C)(C)S(=O)(=O)S(=O)(=O)C(C)(C)C. The Morgan fingerprint density at radius 1 is 0.571 bits per heavy atom. The van der Waals surface area contributed by atoms with Crippen LogP contribution in [0, 0.1) is 0 Å². The Morgan fingerprint density at radius 3 is 0.786 bits per heavy atom. The highest BCUT2D eigenvalue weighted by atomic mass is 33.2. The fourth-order valence-electron chi connectivity index (χ4n) is 0.658. The maximum absolute atomic E-state index is 11.7. The molecule has 4 nitrogen and oxygen atoms in total. The van der Waals surface area contributed by atoms with Gasteiger partial charge in [0.25, 0.3) is 17.7 Å². The van der Waals surface area contributed by atoms with Gasteiger partial charge in [-0.1, -0.05) is 0 Å². The summed E-state index contributed by atoms with van der Waals surface area (Å²) in [6, 6.07) is 0. The molecule has 0 aliphatic carbocycles. The van der Waals surface area contributed by atoms with Crippen LogP contribution in [0.4, 0.5) is 0 Å². The fraction of sp³-hybridized carbons (Fsp3) is 1.00. The molecule has 0 fully saturated rings. The Labute approximate surface area is 85.9 Å². The molecule has 0 atom stereocenters. The van der Waals surface area contributed by atoms with Crippen molar-refractivity contribution in [2.75, 3.05) is 0 Å². The maximum Gasteiger partial charge on any atom is 0.258 e. The van der Waals surface area contributed by atoms with Crippen molar-refractivity contribution in [1.82, 2.24) is 0 Å². The van der Waals surface area contributed by atoms with Gasteiger partial charge in [-0.2, -0.15) is 0 Å². The van der Waals surface area contributed by atoms with Gasteiger partial charge in [-0.3, -0.25) is 0 Å². The zero-order chi connectivity index (χ0) is 12.0. The molecule has 6 heteroatoms. The van der Waals surface area contributed by atoms with Crippen molar-refractivity contribution in [3.05, 3.63) is 0 Å². The molecule has 0 aromatic rings. The van der Waals surface area contributed by atoms with E-state index in [0.717, 1.165) is 0 Å². The van der Waals surface area contributed by atoms with Crippen LogP contribution in [0.1, 0.15) is 41.5 Å². The third-order valence-corrected chi connectivity index (χ3v) is 10.1. The van der Waals surface area contributed by atoms with Crippen LogP contribution in [-0.2, 0) is 17.7 Å². The maximum atomic E-state index is 11.7. The number of rotatable bonds is 1. The Hall–Kier alpha value is -0.100. The van der Waals surface area contributed by atoms with E-state index in [9.17, 15) is 16.8 Å². The zero-order valence-electron chi connectivity index (χ0n) is 9.45. The topological polar surface area (TPSA) is 68.3 Å². The van der Waals surface area contributed by atoms with Crippen molar-refractivity contribution in [2.24, 2.45) is 0 Å². The Kier molecular flexibility index (Phi) is 3.18. The summed E-state index contributed by atoms with van der Waals surface area (Å²) in [5, 5.41) is 0. The molecule has 0 amide bonds.